The van der Waals surface area contributed by atoms with Crippen molar-refractivity contribution in [2.24, 2.45) is 11.8 Å². The van der Waals surface area contributed by atoms with E-state index in [1.54, 1.807) is 0 Å². The van der Waals surface area contributed by atoms with Crippen LogP contribution in [0.25, 0.3) is 0 Å². The molecule has 2 aliphatic carbocycles. The zero-order valence-electron chi connectivity index (χ0n) is 19.7. The molecule has 0 spiro atoms. The molecule has 2 N–H and O–H groups in total. The molecule has 2 aliphatic heterocycles. The number of aliphatic hydroxyl groups is 1. The summed E-state index contributed by atoms with van der Waals surface area (Å²) in [6, 6.07) is 11.2. The number of rotatable bonds is 6. The van der Waals surface area contributed by atoms with Crippen molar-refractivity contribution in [1.29, 1.82) is 0 Å². The number of anilines is 2. The van der Waals surface area contributed by atoms with E-state index in [4.69, 9.17) is 0 Å². The van der Waals surface area contributed by atoms with Crippen LogP contribution in [0.3, 0.4) is 0 Å². The Morgan fingerprint density at radius 1 is 0.935 bits per heavy atom. The van der Waals surface area contributed by atoms with Crippen molar-refractivity contribution in [2.45, 2.75) is 114 Å². The molecule has 0 aromatic heterocycles. The molecule has 4 heteroatoms. The third-order valence-corrected chi connectivity index (χ3v) is 9.06. The van der Waals surface area contributed by atoms with Gasteiger partial charge in [0.15, 0.2) is 0 Å². The van der Waals surface area contributed by atoms with E-state index < -0.39 is 6.23 Å². The lowest BCUT2D eigenvalue weighted by Crippen LogP contribution is -2.62. The van der Waals surface area contributed by atoms with Gasteiger partial charge < -0.3 is 15.3 Å². The smallest absolute Gasteiger partial charge is 0.126 e. The van der Waals surface area contributed by atoms with Gasteiger partial charge in [0.1, 0.15) is 6.23 Å². The van der Waals surface area contributed by atoms with Crippen LogP contribution in [0.4, 0.5) is 11.4 Å². The summed E-state index contributed by atoms with van der Waals surface area (Å²) in [7, 11) is 1.99. The second-order valence-corrected chi connectivity index (χ2v) is 10.9. The normalized spacial score (nSPS) is 36.6. The monoisotopic (exact) mass is 425 g/mol. The minimum absolute atomic E-state index is 0.416. The minimum atomic E-state index is -0.416. The van der Waals surface area contributed by atoms with Gasteiger partial charge in [-0.05, 0) is 75.3 Å². The van der Waals surface area contributed by atoms with Crippen molar-refractivity contribution in [3.63, 3.8) is 0 Å². The van der Waals surface area contributed by atoms with E-state index in [9.17, 15) is 5.11 Å². The molecule has 4 nitrogen and oxygen atoms in total. The van der Waals surface area contributed by atoms with E-state index in [-0.39, 0.29) is 0 Å². The third-order valence-electron chi connectivity index (χ3n) is 9.06. The fourth-order valence-corrected chi connectivity index (χ4v) is 7.86. The van der Waals surface area contributed by atoms with E-state index in [1.165, 1.54) is 76.3 Å². The maximum Gasteiger partial charge on any atom is 0.126 e. The lowest BCUT2D eigenvalue weighted by Gasteiger charge is -2.57. The molecule has 1 aromatic carbocycles. The average Bonchev–Trinajstić information content (AvgIpc) is 2.78. The summed E-state index contributed by atoms with van der Waals surface area (Å²) >= 11 is 0. The quantitative estimate of drug-likeness (QED) is 0.581. The van der Waals surface area contributed by atoms with Gasteiger partial charge in [0.2, 0.25) is 0 Å². The van der Waals surface area contributed by atoms with Crippen LogP contribution >= 0.6 is 0 Å². The molecule has 0 radical (unpaired) electrons. The Labute approximate surface area is 189 Å². The van der Waals surface area contributed by atoms with Crippen molar-refractivity contribution >= 4 is 11.4 Å². The lowest BCUT2D eigenvalue weighted by molar-refractivity contribution is -0.0444. The number of aliphatic hydroxyl groups excluding tert-OH is 1. The Morgan fingerprint density at radius 3 is 2.23 bits per heavy atom. The van der Waals surface area contributed by atoms with Crippen LogP contribution in [0.15, 0.2) is 24.3 Å². The molecule has 3 unspecified atom stereocenters. The molecule has 5 rings (SSSR count). The molecule has 4 aliphatic rings. The molecular formula is C27H43N3O. The number of nitrogens with zero attached hydrogens (tertiary/aromatic N) is 2. The van der Waals surface area contributed by atoms with Gasteiger partial charge in [0, 0.05) is 31.2 Å². The maximum atomic E-state index is 11.1. The number of fused-ring (bicyclic) bond motifs is 4. The Bertz CT molecular complexity index is 713. The SMILES string of the molecule is CCC(O)N(c1ccccc1NC)C1C[C@H]2CCC[C@@H](C1)N2C1C[C@H]2CCC[C@@H](C1)C2. The molecule has 2 saturated heterocycles. The highest BCUT2D eigenvalue weighted by Gasteiger charge is 2.46. The summed E-state index contributed by atoms with van der Waals surface area (Å²) in [5, 5.41) is 14.5. The maximum absolute atomic E-state index is 11.1. The van der Waals surface area contributed by atoms with E-state index in [0.717, 1.165) is 30.0 Å². The van der Waals surface area contributed by atoms with Crippen LogP contribution < -0.4 is 10.2 Å². The minimum Gasteiger partial charge on any atom is -0.386 e. The number of benzene rings is 1. The summed E-state index contributed by atoms with van der Waals surface area (Å²) in [4.78, 5) is 5.38. The number of piperidine rings is 2. The molecule has 31 heavy (non-hydrogen) atoms. The van der Waals surface area contributed by atoms with Gasteiger partial charge in [-0.3, -0.25) is 4.90 Å². The van der Waals surface area contributed by atoms with Crippen LogP contribution in [-0.4, -0.2) is 47.4 Å². The molecule has 4 fully saturated rings. The first-order valence-electron chi connectivity index (χ1n) is 13.2. The molecule has 172 valence electrons. The Balaban J connectivity index is 1.38. The van der Waals surface area contributed by atoms with E-state index >= 15 is 0 Å². The summed E-state index contributed by atoms with van der Waals surface area (Å²) in [5.41, 5.74) is 2.30. The van der Waals surface area contributed by atoms with Crippen LogP contribution in [0.5, 0.6) is 0 Å². The Morgan fingerprint density at radius 2 is 1.58 bits per heavy atom. The number of hydrogen-bond donors (Lipinski definition) is 2. The van der Waals surface area contributed by atoms with Crippen LogP contribution in [0.1, 0.15) is 84.0 Å². The van der Waals surface area contributed by atoms with Gasteiger partial charge >= 0.3 is 0 Å². The van der Waals surface area contributed by atoms with Crippen molar-refractivity contribution in [1.82, 2.24) is 4.90 Å². The highest BCUT2D eigenvalue weighted by molar-refractivity contribution is 5.70. The predicted molar refractivity (Wildman–Crippen MR) is 130 cm³/mol. The topological polar surface area (TPSA) is 38.7 Å². The van der Waals surface area contributed by atoms with Gasteiger partial charge in [-0.2, -0.15) is 0 Å². The molecular weight excluding hydrogens is 382 g/mol. The van der Waals surface area contributed by atoms with E-state index in [1.807, 2.05) is 7.05 Å². The Hall–Kier alpha value is -1.26. The molecule has 1 aromatic rings. The van der Waals surface area contributed by atoms with E-state index in [0.29, 0.717) is 18.1 Å². The fourth-order valence-electron chi connectivity index (χ4n) is 7.86. The zero-order valence-corrected chi connectivity index (χ0v) is 19.7. The molecule has 4 bridgehead atoms. The van der Waals surface area contributed by atoms with Gasteiger partial charge in [-0.1, -0.05) is 44.7 Å². The summed E-state index contributed by atoms with van der Waals surface area (Å²) in [6.45, 7) is 2.11. The Kier molecular flexibility index (Phi) is 6.48. The van der Waals surface area contributed by atoms with Crippen LogP contribution in [0.2, 0.25) is 0 Å². The van der Waals surface area contributed by atoms with Gasteiger partial charge in [-0.15, -0.1) is 0 Å². The van der Waals surface area contributed by atoms with Crippen molar-refractivity contribution in [2.75, 3.05) is 17.3 Å². The second kappa shape index (κ2) is 9.31. The standard InChI is InChI=1S/C27H43N3O/c1-3-27(31)30(26-13-5-4-12-25(26)28-2)24-17-21-10-7-11-22(18-24)29(21)23-15-19-8-6-9-20(14-19)16-23/h4-5,12-13,19-24,27-28,31H,3,6-11,14-18H2,1-2H3/t19-,20+,21-,22+,23?,24?,27?. The summed E-state index contributed by atoms with van der Waals surface area (Å²) in [6.07, 6.45) is 15.7. The van der Waals surface area contributed by atoms with Gasteiger partial charge in [-0.25, -0.2) is 0 Å². The van der Waals surface area contributed by atoms with E-state index in [2.05, 4.69) is 46.3 Å². The fraction of sp³-hybridized carbons (Fsp3) is 0.778. The molecule has 7 atom stereocenters. The first-order valence-corrected chi connectivity index (χ1v) is 13.2. The van der Waals surface area contributed by atoms with Crippen LogP contribution in [0, 0.1) is 11.8 Å². The number of para-hydroxylation sites is 2. The summed E-state index contributed by atoms with van der Waals surface area (Å²) in [5.74, 6) is 1.99. The average molecular weight is 426 g/mol. The third kappa shape index (κ3) is 4.23. The highest BCUT2D eigenvalue weighted by Crippen LogP contribution is 2.47. The van der Waals surface area contributed by atoms with Gasteiger partial charge in [0.05, 0.1) is 11.4 Å². The largest absolute Gasteiger partial charge is 0.386 e. The first kappa shape index (κ1) is 21.6. The molecule has 2 heterocycles. The number of hydrogen-bond acceptors (Lipinski definition) is 4. The van der Waals surface area contributed by atoms with Gasteiger partial charge in [0.25, 0.3) is 0 Å². The second-order valence-electron chi connectivity index (χ2n) is 10.9. The van der Waals surface area contributed by atoms with Crippen molar-refractivity contribution in [3.05, 3.63) is 24.3 Å². The number of nitrogens with one attached hydrogen (secondary N) is 1. The zero-order chi connectivity index (χ0) is 21.4. The lowest BCUT2D eigenvalue weighted by atomic mass is 9.68. The summed E-state index contributed by atoms with van der Waals surface area (Å²) < 4.78 is 0. The van der Waals surface area contributed by atoms with Crippen molar-refractivity contribution < 1.29 is 5.11 Å². The first-order chi connectivity index (χ1) is 15.2. The van der Waals surface area contributed by atoms with Crippen molar-refractivity contribution in [3.8, 4) is 0 Å². The van der Waals surface area contributed by atoms with Crippen LogP contribution in [-0.2, 0) is 0 Å². The highest BCUT2D eigenvalue weighted by atomic mass is 16.3. The predicted octanol–water partition coefficient (Wildman–Crippen LogP) is 5.62. The molecule has 0 amide bonds. The molecule has 2 saturated carbocycles.